The predicted molar refractivity (Wildman–Crippen MR) is 42.4 cm³/mol. The minimum absolute atomic E-state index is 0.0460. The van der Waals surface area contributed by atoms with Crippen LogP contribution >= 0.6 is 0 Å². The lowest BCUT2D eigenvalue weighted by Gasteiger charge is -2.13. The highest BCUT2D eigenvalue weighted by Crippen LogP contribution is 2.12. The van der Waals surface area contributed by atoms with Crippen LogP contribution in [0.2, 0.25) is 0 Å². The molecule has 4 heteroatoms. The van der Waals surface area contributed by atoms with Crippen molar-refractivity contribution in [3.05, 3.63) is 0 Å². The van der Waals surface area contributed by atoms with Gasteiger partial charge in [0.1, 0.15) is 6.10 Å². The van der Waals surface area contributed by atoms with E-state index in [9.17, 15) is 9.59 Å². The number of amides is 1. The number of ether oxygens (including phenoxy) is 1. The Morgan fingerprint density at radius 2 is 2.08 bits per heavy atom. The van der Waals surface area contributed by atoms with Crippen molar-refractivity contribution in [3.8, 4) is 0 Å². The summed E-state index contributed by atoms with van der Waals surface area (Å²) in [6.07, 6.45) is 0.672. The lowest BCUT2D eigenvalue weighted by atomic mass is 10.3. The van der Waals surface area contributed by atoms with Crippen molar-refractivity contribution >= 4 is 11.9 Å². The van der Waals surface area contributed by atoms with E-state index in [1.54, 1.807) is 4.90 Å². The van der Waals surface area contributed by atoms with Gasteiger partial charge < -0.3 is 9.64 Å². The molecule has 1 aliphatic rings. The summed E-state index contributed by atoms with van der Waals surface area (Å²) in [4.78, 5) is 23.1. The van der Waals surface area contributed by atoms with Gasteiger partial charge in [-0.05, 0) is 0 Å². The van der Waals surface area contributed by atoms with E-state index in [1.807, 2.05) is 0 Å². The molecule has 1 aliphatic heterocycles. The molecule has 1 rings (SSSR count). The van der Waals surface area contributed by atoms with Crippen LogP contribution in [0.1, 0.15) is 20.3 Å². The molecule has 1 heterocycles. The lowest BCUT2D eigenvalue weighted by Crippen LogP contribution is -2.28. The smallest absolute Gasteiger partial charge is 0.302 e. The Kier molecular flexibility index (Phi) is 2.68. The molecule has 0 spiro atoms. The summed E-state index contributed by atoms with van der Waals surface area (Å²) in [6.45, 7) is 4.16. The molecule has 4 nitrogen and oxygen atoms in total. The predicted octanol–water partition coefficient (Wildman–Crippen LogP) is 0.170. The zero-order valence-electron chi connectivity index (χ0n) is 7.37. The quantitative estimate of drug-likeness (QED) is 0.528. The van der Waals surface area contributed by atoms with Crippen molar-refractivity contribution in [2.45, 2.75) is 26.4 Å². The molecular weight excluding hydrogens is 158 g/mol. The van der Waals surface area contributed by atoms with E-state index in [1.165, 1.54) is 13.8 Å². The number of hydrogen-bond acceptors (Lipinski definition) is 3. The van der Waals surface area contributed by atoms with E-state index in [0.29, 0.717) is 13.1 Å². The Hall–Kier alpha value is -1.06. The van der Waals surface area contributed by atoms with Gasteiger partial charge in [0.05, 0.1) is 6.54 Å². The van der Waals surface area contributed by atoms with Crippen LogP contribution in [0, 0.1) is 0 Å². The van der Waals surface area contributed by atoms with Crippen LogP contribution in [0.4, 0.5) is 0 Å². The summed E-state index contributed by atoms with van der Waals surface area (Å²) in [6, 6.07) is 0. The minimum Gasteiger partial charge on any atom is -0.461 e. The first kappa shape index (κ1) is 9.03. The van der Waals surface area contributed by atoms with E-state index in [2.05, 4.69) is 0 Å². The third-order valence-corrected chi connectivity index (χ3v) is 1.92. The van der Waals surface area contributed by atoms with Gasteiger partial charge >= 0.3 is 5.97 Å². The lowest BCUT2D eigenvalue weighted by molar-refractivity contribution is -0.146. The zero-order chi connectivity index (χ0) is 9.14. The maximum absolute atomic E-state index is 10.9. The van der Waals surface area contributed by atoms with Gasteiger partial charge in [0.25, 0.3) is 0 Å². The Labute approximate surface area is 71.5 Å². The van der Waals surface area contributed by atoms with Crippen LogP contribution in [-0.4, -0.2) is 36.0 Å². The average Bonchev–Trinajstić information content (AvgIpc) is 2.34. The molecule has 1 saturated heterocycles. The fourth-order valence-electron chi connectivity index (χ4n) is 1.35. The summed E-state index contributed by atoms with van der Waals surface area (Å²) >= 11 is 0. The number of rotatable bonds is 1. The van der Waals surface area contributed by atoms with Crippen LogP contribution in [-0.2, 0) is 14.3 Å². The maximum atomic E-state index is 10.9. The van der Waals surface area contributed by atoms with Crippen LogP contribution in [0.15, 0.2) is 0 Å². The normalized spacial score (nSPS) is 22.5. The number of carbonyl (C=O) groups excluding carboxylic acids is 2. The van der Waals surface area contributed by atoms with Crippen molar-refractivity contribution in [2.75, 3.05) is 13.1 Å². The molecular formula is C8H13NO3. The van der Waals surface area contributed by atoms with Crippen molar-refractivity contribution < 1.29 is 14.3 Å². The van der Waals surface area contributed by atoms with Gasteiger partial charge in [-0.15, -0.1) is 0 Å². The molecule has 0 N–H and O–H groups in total. The van der Waals surface area contributed by atoms with E-state index in [-0.39, 0.29) is 18.0 Å². The fourth-order valence-corrected chi connectivity index (χ4v) is 1.35. The Morgan fingerprint density at radius 3 is 2.50 bits per heavy atom. The monoisotopic (exact) mass is 171 g/mol. The molecule has 68 valence electrons. The van der Waals surface area contributed by atoms with Crippen LogP contribution in [0.3, 0.4) is 0 Å². The highest BCUT2D eigenvalue weighted by atomic mass is 16.5. The molecule has 0 bridgehead atoms. The molecule has 0 aromatic carbocycles. The van der Waals surface area contributed by atoms with Crippen LogP contribution in [0.25, 0.3) is 0 Å². The van der Waals surface area contributed by atoms with Crippen molar-refractivity contribution in [1.29, 1.82) is 0 Å². The number of nitrogens with zero attached hydrogens (tertiary/aromatic N) is 1. The van der Waals surface area contributed by atoms with Gasteiger partial charge in [-0.1, -0.05) is 0 Å². The highest BCUT2D eigenvalue weighted by Gasteiger charge is 2.25. The van der Waals surface area contributed by atoms with Gasteiger partial charge in [0.2, 0.25) is 5.91 Å². The minimum atomic E-state index is -0.273. The Bertz CT molecular complexity index is 202. The number of carbonyl (C=O) groups is 2. The highest BCUT2D eigenvalue weighted by molar-refractivity contribution is 5.73. The number of likely N-dealkylation sites (tertiary alicyclic amines) is 1. The summed E-state index contributed by atoms with van der Waals surface area (Å²) in [7, 11) is 0. The van der Waals surface area contributed by atoms with Crippen LogP contribution < -0.4 is 0 Å². The number of esters is 1. The van der Waals surface area contributed by atoms with Crippen LogP contribution in [0.5, 0.6) is 0 Å². The average molecular weight is 171 g/mol. The van der Waals surface area contributed by atoms with Crippen molar-refractivity contribution in [3.63, 3.8) is 0 Å². The topological polar surface area (TPSA) is 46.6 Å². The molecule has 1 amide bonds. The maximum Gasteiger partial charge on any atom is 0.302 e. The summed E-state index contributed by atoms with van der Waals surface area (Å²) in [5, 5.41) is 0. The number of hydrogen-bond donors (Lipinski definition) is 0. The molecule has 0 aromatic heterocycles. The molecule has 0 radical (unpaired) electrons. The van der Waals surface area contributed by atoms with Gasteiger partial charge in [-0.2, -0.15) is 0 Å². The Balaban J connectivity index is 2.35. The Morgan fingerprint density at radius 1 is 1.42 bits per heavy atom. The van der Waals surface area contributed by atoms with E-state index >= 15 is 0 Å². The third kappa shape index (κ3) is 2.22. The molecule has 1 fully saturated rings. The second-order valence-electron chi connectivity index (χ2n) is 2.99. The van der Waals surface area contributed by atoms with Gasteiger partial charge in [0, 0.05) is 26.8 Å². The van der Waals surface area contributed by atoms with Gasteiger partial charge in [0.15, 0.2) is 0 Å². The largest absolute Gasteiger partial charge is 0.461 e. The first-order valence-corrected chi connectivity index (χ1v) is 4.02. The second-order valence-corrected chi connectivity index (χ2v) is 2.99. The first-order valence-electron chi connectivity index (χ1n) is 4.02. The zero-order valence-corrected chi connectivity index (χ0v) is 7.37. The standard InChI is InChI=1S/C8H13NO3/c1-6(10)9-4-3-8(5-9)12-7(2)11/h8H,3-5H2,1-2H3/t8-/m1/s1. The molecule has 0 aromatic rings. The molecule has 12 heavy (non-hydrogen) atoms. The summed E-state index contributed by atoms with van der Waals surface area (Å²) < 4.78 is 4.96. The molecule has 1 atom stereocenters. The van der Waals surface area contributed by atoms with Crippen molar-refractivity contribution in [2.24, 2.45) is 0 Å². The molecule has 0 saturated carbocycles. The van der Waals surface area contributed by atoms with E-state index < -0.39 is 0 Å². The second kappa shape index (κ2) is 3.56. The molecule has 0 unspecified atom stereocenters. The van der Waals surface area contributed by atoms with Gasteiger partial charge in [-0.3, -0.25) is 9.59 Å². The van der Waals surface area contributed by atoms with Crippen molar-refractivity contribution in [1.82, 2.24) is 4.90 Å². The van der Waals surface area contributed by atoms with E-state index in [4.69, 9.17) is 4.74 Å². The third-order valence-electron chi connectivity index (χ3n) is 1.92. The first-order chi connectivity index (χ1) is 5.59. The SMILES string of the molecule is CC(=O)O[C@@H]1CCN(C(C)=O)C1. The van der Waals surface area contributed by atoms with E-state index in [0.717, 1.165) is 6.42 Å². The fraction of sp³-hybridized carbons (Fsp3) is 0.750. The van der Waals surface area contributed by atoms with Gasteiger partial charge in [-0.25, -0.2) is 0 Å². The summed E-state index contributed by atoms with van der Waals surface area (Å²) in [5.41, 5.74) is 0. The molecule has 0 aliphatic carbocycles. The summed E-state index contributed by atoms with van der Waals surface area (Å²) in [5.74, 6) is -0.227.